The van der Waals surface area contributed by atoms with Crippen LogP contribution in [0, 0.1) is 13.8 Å². The number of amides is 2. The minimum atomic E-state index is -3.77. The number of nitrogens with zero attached hydrogens (tertiary/aromatic N) is 2. The molecular weight excluding hydrogens is 498 g/mol. The average molecular weight is 536 g/mol. The molecule has 0 radical (unpaired) electrons. The van der Waals surface area contributed by atoms with E-state index in [9.17, 15) is 18.0 Å². The van der Waals surface area contributed by atoms with E-state index in [-0.39, 0.29) is 12.5 Å². The predicted molar refractivity (Wildman–Crippen MR) is 152 cm³/mol. The van der Waals surface area contributed by atoms with Crippen molar-refractivity contribution in [1.82, 2.24) is 10.2 Å². The second kappa shape index (κ2) is 13.2. The van der Waals surface area contributed by atoms with Gasteiger partial charge in [-0.05, 0) is 43.5 Å². The Morgan fingerprint density at radius 1 is 0.868 bits per heavy atom. The van der Waals surface area contributed by atoms with Gasteiger partial charge in [0.15, 0.2) is 0 Å². The van der Waals surface area contributed by atoms with Gasteiger partial charge in [-0.15, -0.1) is 0 Å². The van der Waals surface area contributed by atoms with Gasteiger partial charge in [0.1, 0.15) is 12.6 Å². The number of nitrogens with one attached hydrogen (secondary N) is 1. The minimum absolute atomic E-state index is 0.170. The number of hydrogen-bond donors (Lipinski definition) is 1. The highest BCUT2D eigenvalue weighted by atomic mass is 32.2. The second-order valence-corrected chi connectivity index (χ2v) is 11.5. The predicted octanol–water partition coefficient (Wildman–Crippen LogP) is 4.24. The minimum Gasteiger partial charge on any atom is -0.354 e. The number of carbonyl (C=O) groups is 2. The molecule has 7 nitrogen and oxygen atoms in total. The standard InChI is InChI=1S/C30H37N3O4S/c1-5-18-31-30(35)28(20-25-11-7-6-8-12-25)32(21-26-13-9-10-24(3)19-26)29(34)22-33(38(4,36)37)27-16-14-23(2)15-17-27/h6-17,19,28H,5,18,20-22H2,1-4H3,(H,31,35)/t28-/m1/s1. The SMILES string of the molecule is CCCNC(=O)[C@@H](Cc1ccccc1)N(Cc1cccc(C)c1)C(=O)CN(c1ccc(C)cc1)S(C)(=O)=O. The van der Waals surface area contributed by atoms with Crippen LogP contribution in [0.4, 0.5) is 5.69 Å². The third-order valence-electron chi connectivity index (χ3n) is 6.26. The van der Waals surface area contributed by atoms with Crippen molar-refractivity contribution in [1.29, 1.82) is 0 Å². The van der Waals surface area contributed by atoms with Crippen LogP contribution in [0.2, 0.25) is 0 Å². The summed E-state index contributed by atoms with van der Waals surface area (Å²) in [6, 6.07) is 23.4. The zero-order chi connectivity index (χ0) is 27.7. The molecule has 0 fully saturated rings. The number of anilines is 1. The first-order chi connectivity index (χ1) is 18.1. The summed E-state index contributed by atoms with van der Waals surface area (Å²) in [7, 11) is -3.77. The molecule has 0 saturated carbocycles. The lowest BCUT2D eigenvalue weighted by Crippen LogP contribution is -2.53. The Labute approximate surface area is 226 Å². The lowest BCUT2D eigenvalue weighted by atomic mass is 10.0. The molecule has 0 aliphatic rings. The summed E-state index contributed by atoms with van der Waals surface area (Å²) in [5.41, 5.74) is 4.18. The van der Waals surface area contributed by atoms with Crippen LogP contribution >= 0.6 is 0 Å². The summed E-state index contributed by atoms with van der Waals surface area (Å²) in [5.74, 6) is -0.719. The molecule has 1 N–H and O–H groups in total. The fourth-order valence-corrected chi connectivity index (χ4v) is 5.10. The largest absolute Gasteiger partial charge is 0.354 e. The molecule has 38 heavy (non-hydrogen) atoms. The summed E-state index contributed by atoms with van der Waals surface area (Å²) in [6.45, 7) is 6.08. The molecule has 2 amide bonds. The summed E-state index contributed by atoms with van der Waals surface area (Å²) < 4.78 is 26.7. The lowest BCUT2D eigenvalue weighted by Gasteiger charge is -2.33. The molecule has 3 aromatic rings. The lowest BCUT2D eigenvalue weighted by molar-refractivity contribution is -0.140. The molecule has 1 atom stereocenters. The van der Waals surface area contributed by atoms with E-state index < -0.39 is 28.5 Å². The molecule has 0 aliphatic carbocycles. The van der Waals surface area contributed by atoms with Crippen molar-refractivity contribution < 1.29 is 18.0 Å². The molecular formula is C30H37N3O4S. The van der Waals surface area contributed by atoms with E-state index in [1.165, 1.54) is 4.90 Å². The quantitative estimate of drug-likeness (QED) is 0.376. The van der Waals surface area contributed by atoms with E-state index in [2.05, 4.69) is 5.32 Å². The van der Waals surface area contributed by atoms with Gasteiger partial charge in [-0.3, -0.25) is 13.9 Å². The van der Waals surface area contributed by atoms with Crippen LogP contribution in [0.3, 0.4) is 0 Å². The van der Waals surface area contributed by atoms with Crippen molar-refractivity contribution >= 4 is 27.5 Å². The maximum absolute atomic E-state index is 14.0. The summed E-state index contributed by atoms with van der Waals surface area (Å²) in [6.07, 6.45) is 2.14. The molecule has 3 aromatic carbocycles. The maximum atomic E-state index is 14.0. The Morgan fingerprint density at radius 2 is 1.53 bits per heavy atom. The normalized spacial score (nSPS) is 12.0. The van der Waals surface area contributed by atoms with Crippen LogP contribution in [0.25, 0.3) is 0 Å². The number of benzene rings is 3. The van der Waals surface area contributed by atoms with Crippen molar-refractivity contribution in [2.45, 2.75) is 46.2 Å². The van der Waals surface area contributed by atoms with Gasteiger partial charge in [-0.1, -0.05) is 84.8 Å². The molecule has 0 heterocycles. The van der Waals surface area contributed by atoms with E-state index in [0.717, 1.165) is 39.2 Å². The zero-order valence-electron chi connectivity index (χ0n) is 22.6. The molecule has 0 saturated heterocycles. The number of carbonyl (C=O) groups excluding carboxylic acids is 2. The molecule has 0 spiro atoms. The number of hydrogen-bond acceptors (Lipinski definition) is 4. The number of rotatable bonds is 12. The van der Waals surface area contributed by atoms with Crippen molar-refractivity contribution in [2.75, 3.05) is 23.7 Å². The summed E-state index contributed by atoms with van der Waals surface area (Å²) >= 11 is 0. The van der Waals surface area contributed by atoms with Crippen LogP contribution in [0.5, 0.6) is 0 Å². The Balaban J connectivity index is 2.03. The Bertz CT molecular complexity index is 1330. The van der Waals surface area contributed by atoms with Crippen molar-refractivity contribution in [2.24, 2.45) is 0 Å². The van der Waals surface area contributed by atoms with E-state index in [4.69, 9.17) is 0 Å². The second-order valence-electron chi connectivity index (χ2n) is 9.61. The van der Waals surface area contributed by atoms with Gasteiger partial charge in [0, 0.05) is 19.5 Å². The summed E-state index contributed by atoms with van der Waals surface area (Å²) in [5, 5.41) is 2.94. The van der Waals surface area contributed by atoms with Crippen LogP contribution < -0.4 is 9.62 Å². The number of sulfonamides is 1. The Morgan fingerprint density at radius 3 is 2.13 bits per heavy atom. The third kappa shape index (κ3) is 8.18. The summed E-state index contributed by atoms with van der Waals surface area (Å²) in [4.78, 5) is 29.0. The zero-order valence-corrected chi connectivity index (χ0v) is 23.4. The van der Waals surface area contributed by atoms with E-state index >= 15 is 0 Å². The molecule has 202 valence electrons. The van der Waals surface area contributed by atoms with E-state index in [1.807, 2.05) is 75.4 Å². The maximum Gasteiger partial charge on any atom is 0.244 e. The highest BCUT2D eigenvalue weighted by molar-refractivity contribution is 7.92. The van der Waals surface area contributed by atoms with Gasteiger partial charge in [-0.25, -0.2) is 8.42 Å². The number of aryl methyl sites for hydroxylation is 2. The average Bonchev–Trinajstić information content (AvgIpc) is 2.88. The van der Waals surface area contributed by atoms with E-state index in [0.29, 0.717) is 18.7 Å². The topological polar surface area (TPSA) is 86.8 Å². The molecule has 0 bridgehead atoms. The molecule has 0 unspecified atom stereocenters. The van der Waals surface area contributed by atoms with Gasteiger partial charge in [0.05, 0.1) is 11.9 Å². The van der Waals surface area contributed by atoms with Crippen LogP contribution in [0.15, 0.2) is 78.9 Å². The Kier molecular flexibility index (Phi) is 10.1. The smallest absolute Gasteiger partial charge is 0.244 e. The van der Waals surface area contributed by atoms with Gasteiger partial charge >= 0.3 is 0 Å². The fraction of sp³-hybridized carbons (Fsp3) is 0.333. The highest BCUT2D eigenvalue weighted by Crippen LogP contribution is 2.21. The van der Waals surface area contributed by atoms with Crippen LogP contribution in [-0.4, -0.2) is 50.5 Å². The molecule has 0 aromatic heterocycles. The first kappa shape index (κ1) is 28.9. The van der Waals surface area contributed by atoms with Crippen molar-refractivity contribution in [3.63, 3.8) is 0 Å². The third-order valence-corrected chi connectivity index (χ3v) is 7.40. The van der Waals surface area contributed by atoms with Crippen LogP contribution in [-0.2, 0) is 32.6 Å². The molecule has 8 heteroatoms. The van der Waals surface area contributed by atoms with Gasteiger partial charge in [0.2, 0.25) is 21.8 Å². The van der Waals surface area contributed by atoms with Crippen LogP contribution in [0.1, 0.15) is 35.6 Å². The monoisotopic (exact) mass is 535 g/mol. The first-order valence-electron chi connectivity index (χ1n) is 12.8. The fourth-order valence-electron chi connectivity index (χ4n) is 4.25. The van der Waals surface area contributed by atoms with Gasteiger partial charge in [0.25, 0.3) is 0 Å². The van der Waals surface area contributed by atoms with Gasteiger partial charge in [-0.2, -0.15) is 0 Å². The Hall–Kier alpha value is -3.65. The molecule has 0 aliphatic heterocycles. The van der Waals surface area contributed by atoms with E-state index in [1.54, 1.807) is 24.3 Å². The molecule has 3 rings (SSSR count). The highest BCUT2D eigenvalue weighted by Gasteiger charge is 2.32. The first-order valence-corrected chi connectivity index (χ1v) is 14.6. The van der Waals surface area contributed by atoms with Crippen molar-refractivity contribution in [3.8, 4) is 0 Å². The van der Waals surface area contributed by atoms with Gasteiger partial charge < -0.3 is 10.2 Å². The van der Waals surface area contributed by atoms with Crippen molar-refractivity contribution in [3.05, 3.63) is 101 Å².